The van der Waals surface area contributed by atoms with Crippen molar-refractivity contribution in [2.75, 3.05) is 5.32 Å². The van der Waals surface area contributed by atoms with Crippen LogP contribution >= 0.6 is 11.3 Å². The summed E-state index contributed by atoms with van der Waals surface area (Å²) >= 11 is 1.19. The van der Waals surface area contributed by atoms with Crippen molar-refractivity contribution in [2.24, 2.45) is 0 Å². The predicted molar refractivity (Wildman–Crippen MR) is 108 cm³/mol. The molecule has 0 saturated heterocycles. The van der Waals surface area contributed by atoms with Crippen molar-refractivity contribution < 1.29 is 13.9 Å². The molecule has 29 heavy (non-hydrogen) atoms. The Bertz CT molecular complexity index is 1120. The van der Waals surface area contributed by atoms with Crippen LogP contribution in [-0.4, -0.2) is 21.1 Å². The molecule has 0 fully saturated rings. The quantitative estimate of drug-likeness (QED) is 0.508. The van der Waals surface area contributed by atoms with Crippen LogP contribution in [0.15, 0.2) is 73.1 Å². The van der Waals surface area contributed by atoms with Crippen LogP contribution < -0.4 is 10.1 Å². The van der Waals surface area contributed by atoms with Gasteiger partial charge in [0.05, 0.1) is 5.56 Å². The fourth-order valence-electron chi connectivity index (χ4n) is 2.56. The number of benzene rings is 2. The highest BCUT2D eigenvalue weighted by molar-refractivity contribution is 7.18. The molecule has 8 heteroatoms. The highest BCUT2D eigenvalue weighted by Crippen LogP contribution is 2.26. The van der Waals surface area contributed by atoms with Gasteiger partial charge < -0.3 is 4.74 Å². The van der Waals surface area contributed by atoms with E-state index in [0.29, 0.717) is 17.4 Å². The molecule has 0 saturated carbocycles. The van der Waals surface area contributed by atoms with Crippen LogP contribution in [0.2, 0.25) is 0 Å². The van der Waals surface area contributed by atoms with Crippen LogP contribution in [-0.2, 0) is 6.61 Å². The van der Waals surface area contributed by atoms with Crippen molar-refractivity contribution in [3.63, 3.8) is 0 Å². The molecule has 0 bridgehead atoms. The maximum Gasteiger partial charge on any atom is 0.260 e. The maximum atomic E-state index is 14.4. The summed E-state index contributed by atoms with van der Waals surface area (Å²) in [6.45, 7) is 0.314. The molecule has 1 amide bonds. The van der Waals surface area contributed by atoms with Gasteiger partial charge >= 0.3 is 0 Å². The summed E-state index contributed by atoms with van der Waals surface area (Å²) in [4.78, 5) is 16.4. The molecule has 0 spiro atoms. The number of hydrogen-bond acceptors (Lipinski definition) is 6. The molecule has 4 aromatic rings. The van der Waals surface area contributed by atoms with Crippen LogP contribution in [0.4, 0.5) is 9.52 Å². The number of anilines is 1. The Balaban J connectivity index is 1.42. The smallest absolute Gasteiger partial charge is 0.260 e. The zero-order valence-electron chi connectivity index (χ0n) is 15.1. The predicted octanol–water partition coefficient (Wildman–Crippen LogP) is 4.57. The Hall–Kier alpha value is -3.65. The molecule has 0 unspecified atom stereocenters. The molecule has 144 valence electrons. The van der Waals surface area contributed by atoms with Gasteiger partial charge in [0.2, 0.25) is 5.13 Å². The summed E-state index contributed by atoms with van der Waals surface area (Å²) in [5.41, 5.74) is 1.71. The largest absolute Gasteiger partial charge is 0.489 e. The maximum absolute atomic E-state index is 14.4. The van der Waals surface area contributed by atoms with Gasteiger partial charge in [0.25, 0.3) is 5.91 Å². The second kappa shape index (κ2) is 8.57. The highest BCUT2D eigenvalue weighted by Gasteiger charge is 2.16. The minimum atomic E-state index is -0.674. The van der Waals surface area contributed by atoms with Crippen LogP contribution in [0.3, 0.4) is 0 Å². The van der Waals surface area contributed by atoms with Gasteiger partial charge in [-0.15, -0.1) is 10.2 Å². The zero-order chi connectivity index (χ0) is 20.1. The number of nitrogens with one attached hydrogen (secondary N) is 1. The number of carbonyl (C=O) groups is 1. The van der Waals surface area contributed by atoms with E-state index in [2.05, 4.69) is 20.5 Å². The number of aromatic nitrogens is 3. The fourth-order valence-corrected chi connectivity index (χ4v) is 3.30. The zero-order valence-corrected chi connectivity index (χ0v) is 15.9. The molecule has 0 radical (unpaired) electrons. The normalized spacial score (nSPS) is 10.5. The first-order valence-electron chi connectivity index (χ1n) is 8.70. The molecule has 6 nitrogen and oxygen atoms in total. The summed E-state index contributed by atoms with van der Waals surface area (Å²) < 4.78 is 20.0. The third-order valence-electron chi connectivity index (χ3n) is 4.01. The number of pyridine rings is 1. The van der Waals surface area contributed by atoms with Crippen molar-refractivity contribution in [1.82, 2.24) is 15.2 Å². The van der Waals surface area contributed by atoms with Crippen molar-refractivity contribution >= 4 is 22.4 Å². The molecule has 2 aromatic carbocycles. The van der Waals surface area contributed by atoms with E-state index in [1.165, 1.54) is 23.5 Å². The number of rotatable bonds is 6. The van der Waals surface area contributed by atoms with Gasteiger partial charge in [-0.25, -0.2) is 4.39 Å². The average Bonchev–Trinajstić information content (AvgIpc) is 3.22. The number of ether oxygens (including phenoxy) is 1. The van der Waals surface area contributed by atoms with Gasteiger partial charge in [0.15, 0.2) is 0 Å². The second-order valence-corrected chi connectivity index (χ2v) is 7.00. The fraction of sp³-hybridized carbons (Fsp3) is 0.0476. The van der Waals surface area contributed by atoms with E-state index in [1.807, 2.05) is 30.3 Å². The molecule has 0 aliphatic carbocycles. The monoisotopic (exact) mass is 406 g/mol. The van der Waals surface area contributed by atoms with Gasteiger partial charge in [-0.1, -0.05) is 41.7 Å². The van der Waals surface area contributed by atoms with E-state index in [9.17, 15) is 9.18 Å². The van der Waals surface area contributed by atoms with Gasteiger partial charge in [0, 0.05) is 24.0 Å². The Morgan fingerprint density at radius 2 is 1.83 bits per heavy atom. The molecule has 2 heterocycles. The topological polar surface area (TPSA) is 77.0 Å². The summed E-state index contributed by atoms with van der Waals surface area (Å²) in [6.07, 6.45) is 3.29. The Morgan fingerprint density at radius 3 is 2.59 bits per heavy atom. The Kier molecular flexibility index (Phi) is 5.53. The summed E-state index contributed by atoms with van der Waals surface area (Å²) in [7, 11) is 0. The van der Waals surface area contributed by atoms with E-state index >= 15 is 0 Å². The van der Waals surface area contributed by atoms with Gasteiger partial charge in [-0.2, -0.15) is 0 Å². The lowest BCUT2D eigenvalue weighted by atomic mass is 10.2. The first-order chi connectivity index (χ1) is 14.2. The van der Waals surface area contributed by atoms with Crippen LogP contribution in [0.25, 0.3) is 10.6 Å². The molecule has 0 aliphatic rings. The van der Waals surface area contributed by atoms with Gasteiger partial charge in [0.1, 0.15) is 23.2 Å². The van der Waals surface area contributed by atoms with Crippen LogP contribution in [0.1, 0.15) is 15.9 Å². The standard InChI is InChI=1S/C21H15FN4O2S/c22-18-12-16(28-13-14-4-2-1-3-5-14)6-7-17(18)19(27)24-21-26-25-20(29-21)15-8-10-23-11-9-15/h1-12H,13H2,(H,24,26,27). The lowest BCUT2D eigenvalue weighted by molar-refractivity contribution is 0.102. The number of carbonyl (C=O) groups excluding carboxylic acids is 1. The summed E-state index contributed by atoms with van der Waals surface area (Å²) in [6, 6.07) is 17.3. The third kappa shape index (κ3) is 4.61. The van der Waals surface area contributed by atoms with Crippen LogP contribution in [0.5, 0.6) is 5.75 Å². The first kappa shape index (κ1) is 18.7. The summed E-state index contributed by atoms with van der Waals surface area (Å²) in [5, 5.41) is 11.5. The lowest BCUT2D eigenvalue weighted by Gasteiger charge is -2.08. The van der Waals surface area contributed by atoms with E-state index < -0.39 is 11.7 Å². The van der Waals surface area contributed by atoms with Crippen molar-refractivity contribution in [3.8, 4) is 16.3 Å². The van der Waals surface area contributed by atoms with Crippen molar-refractivity contribution in [3.05, 3.63) is 90.0 Å². The summed E-state index contributed by atoms with van der Waals surface area (Å²) in [5.74, 6) is -0.930. The number of nitrogens with zero attached hydrogens (tertiary/aromatic N) is 3. The van der Waals surface area contributed by atoms with Crippen molar-refractivity contribution in [2.45, 2.75) is 6.61 Å². The Morgan fingerprint density at radius 1 is 1.03 bits per heavy atom. The molecule has 1 N–H and O–H groups in total. The molecule has 0 aliphatic heterocycles. The minimum absolute atomic E-state index is 0.0993. The minimum Gasteiger partial charge on any atom is -0.489 e. The van der Waals surface area contributed by atoms with Crippen molar-refractivity contribution in [1.29, 1.82) is 0 Å². The molecule has 4 rings (SSSR count). The van der Waals surface area contributed by atoms with Crippen LogP contribution in [0, 0.1) is 5.82 Å². The highest BCUT2D eigenvalue weighted by atomic mass is 32.1. The molecule has 2 aromatic heterocycles. The van der Waals surface area contributed by atoms with E-state index in [-0.39, 0.29) is 10.7 Å². The first-order valence-corrected chi connectivity index (χ1v) is 9.52. The lowest BCUT2D eigenvalue weighted by Crippen LogP contribution is -2.13. The van der Waals surface area contributed by atoms with E-state index in [4.69, 9.17) is 4.74 Å². The van der Waals surface area contributed by atoms with Gasteiger partial charge in [-0.3, -0.25) is 15.1 Å². The number of amides is 1. The number of hydrogen-bond donors (Lipinski definition) is 1. The molecular weight excluding hydrogens is 391 g/mol. The average molecular weight is 406 g/mol. The molecular formula is C21H15FN4O2S. The Labute approximate surface area is 170 Å². The van der Waals surface area contributed by atoms with Gasteiger partial charge in [-0.05, 0) is 29.8 Å². The number of halogens is 1. The second-order valence-electron chi connectivity index (χ2n) is 6.02. The molecule has 0 atom stereocenters. The SMILES string of the molecule is O=C(Nc1nnc(-c2ccncc2)s1)c1ccc(OCc2ccccc2)cc1F. The van der Waals surface area contributed by atoms with E-state index in [1.54, 1.807) is 30.6 Å². The van der Waals surface area contributed by atoms with E-state index in [0.717, 1.165) is 11.1 Å². The third-order valence-corrected chi connectivity index (χ3v) is 4.89.